The molecular formula is C48H64N2O10. The Morgan fingerprint density at radius 1 is 0.500 bits per heavy atom. The highest BCUT2D eigenvalue weighted by Gasteiger charge is 2.23. The van der Waals surface area contributed by atoms with E-state index in [0.29, 0.717) is 89.1 Å². The first-order chi connectivity index (χ1) is 28.9. The highest BCUT2D eigenvalue weighted by molar-refractivity contribution is 6.02. The van der Waals surface area contributed by atoms with Gasteiger partial charge in [-0.1, -0.05) is 107 Å². The maximum Gasteiger partial charge on any atom is 0.407 e. The molecule has 0 unspecified atom stereocenters. The van der Waals surface area contributed by atoms with Crippen LogP contribution in [0.4, 0.5) is 9.59 Å². The number of carbonyl (C=O) groups excluding carboxylic acids is 6. The predicted molar refractivity (Wildman–Crippen MR) is 230 cm³/mol. The lowest BCUT2D eigenvalue weighted by atomic mass is 9.99. The van der Waals surface area contributed by atoms with Gasteiger partial charge in [0.25, 0.3) is 0 Å². The van der Waals surface area contributed by atoms with Crippen LogP contribution in [0.15, 0.2) is 84.9 Å². The Bertz CT molecular complexity index is 1640. The minimum atomic E-state index is -0.787. The fourth-order valence-electron chi connectivity index (χ4n) is 6.08. The highest BCUT2D eigenvalue weighted by atomic mass is 16.6. The Morgan fingerprint density at radius 3 is 1.28 bits per heavy atom. The number of carbonyl (C=O) groups is 6. The van der Waals surface area contributed by atoms with Crippen LogP contribution >= 0.6 is 0 Å². The number of rotatable bonds is 30. The van der Waals surface area contributed by atoms with Crippen molar-refractivity contribution in [3.8, 4) is 0 Å². The molecule has 60 heavy (non-hydrogen) atoms. The van der Waals surface area contributed by atoms with E-state index in [9.17, 15) is 28.8 Å². The Labute approximate surface area is 355 Å². The molecule has 0 aliphatic heterocycles. The van der Waals surface area contributed by atoms with E-state index < -0.39 is 24.4 Å². The van der Waals surface area contributed by atoms with Gasteiger partial charge >= 0.3 is 12.2 Å². The number of hydrogen-bond acceptors (Lipinski definition) is 10. The second-order valence-corrected chi connectivity index (χ2v) is 15.8. The van der Waals surface area contributed by atoms with E-state index in [4.69, 9.17) is 18.9 Å². The molecule has 3 aromatic rings. The van der Waals surface area contributed by atoms with E-state index in [1.54, 1.807) is 18.2 Å². The first-order valence-corrected chi connectivity index (χ1v) is 21.3. The topological polar surface area (TPSA) is 163 Å². The van der Waals surface area contributed by atoms with Gasteiger partial charge in [0.05, 0.1) is 0 Å². The van der Waals surface area contributed by atoms with Gasteiger partial charge in [-0.2, -0.15) is 0 Å². The summed E-state index contributed by atoms with van der Waals surface area (Å²) < 4.78 is 22.3. The molecule has 0 aromatic heterocycles. The van der Waals surface area contributed by atoms with Crippen LogP contribution in [-0.2, 0) is 41.8 Å². The third kappa shape index (κ3) is 20.7. The molecule has 2 N–H and O–H groups in total. The highest BCUT2D eigenvalue weighted by Crippen LogP contribution is 2.17. The molecule has 0 radical (unpaired) electrons. The molecule has 12 heteroatoms. The standard InChI is InChI=1S/C48H64N2O10/c1-35(2)24-26-41(51)45(22-11-13-28-49-47(55)59-31-37-16-7-5-8-17-37)57-33-43(53)39-20-15-21-40(30-39)44(54)34-58-46(42(52)27-25-36(3)4)23-12-14-29-50-48(56)60-32-38-18-9-6-10-19-38/h5-10,15-21,30,35-36,45-46H,11-14,22-29,31-34H2,1-4H3,(H,49,55)(H,50,56)/t45-,46-/m1/s1. The summed E-state index contributed by atoms with van der Waals surface area (Å²) in [6, 6.07) is 25.0. The van der Waals surface area contributed by atoms with Crippen LogP contribution in [0.2, 0.25) is 0 Å². The number of hydrogen-bond donors (Lipinski definition) is 2. The summed E-state index contributed by atoms with van der Waals surface area (Å²) in [7, 11) is 0. The van der Waals surface area contributed by atoms with Gasteiger partial charge in [-0.3, -0.25) is 19.2 Å². The molecule has 0 spiro atoms. The van der Waals surface area contributed by atoms with Crippen LogP contribution in [0.3, 0.4) is 0 Å². The number of ether oxygens (including phenoxy) is 4. The minimum Gasteiger partial charge on any atom is -0.445 e. The molecule has 326 valence electrons. The van der Waals surface area contributed by atoms with Crippen LogP contribution in [0.1, 0.15) is 124 Å². The van der Waals surface area contributed by atoms with Crippen LogP contribution in [-0.4, -0.2) is 73.8 Å². The number of ketones is 4. The van der Waals surface area contributed by atoms with E-state index in [1.165, 1.54) is 6.07 Å². The lowest BCUT2D eigenvalue weighted by molar-refractivity contribution is -0.131. The number of Topliss-reactive ketones (excluding diaryl/α,β-unsaturated/α-hetero) is 4. The van der Waals surface area contributed by atoms with Gasteiger partial charge in [0, 0.05) is 37.1 Å². The van der Waals surface area contributed by atoms with Gasteiger partial charge in [-0.15, -0.1) is 0 Å². The monoisotopic (exact) mass is 828 g/mol. The molecule has 0 aliphatic rings. The average molecular weight is 829 g/mol. The normalized spacial score (nSPS) is 12.1. The summed E-state index contributed by atoms with van der Waals surface area (Å²) in [5, 5.41) is 5.45. The fourth-order valence-corrected chi connectivity index (χ4v) is 6.08. The summed E-state index contributed by atoms with van der Waals surface area (Å²) in [5.74, 6) is -0.273. The molecule has 2 amide bonds. The van der Waals surface area contributed by atoms with E-state index in [-0.39, 0.29) is 60.7 Å². The van der Waals surface area contributed by atoms with Crippen LogP contribution in [0, 0.1) is 11.8 Å². The van der Waals surface area contributed by atoms with Gasteiger partial charge < -0.3 is 29.6 Å². The van der Waals surface area contributed by atoms with Crippen molar-refractivity contribution < 1.29 is 47.7 Å². The first kappa shape index (κ1) is 49.2. The van der Waals surface area contributed by atoms with Crippen molar-refractivity contribution in [1.82, 2.24) is 10.6 Å². The van der Waals surface area contributed by atoms with E-state index in [1.807, 2.05) is 88.4 Å². The summed E-state index contributed by atoms with van der Waals surface area (Å²) in [6.45, 7) is 8.52. The molecule has 3 rings (SSSR count). The molecule has 0 fully saturated rings. The van der Waals surface area contributed by atoms with Crippen molar-refractivity contribution >= 4 is 35.3 Å². The third-order valence-corrected chi connectivity index (χ3v) is 9.74. The SMILES string of the molecule is CC(C)CCC(=O)[C@@H](CCCCNC(=O)OCc1ccccc1)OCC(=O)c1cccc(C(=O)CO[C@H](CCCCNC(=O)OCc2ccccc2)C(=O)CCC(C)C)c1. The van der Waals surface area contributed by atoms with Gasteiger partial charge in [0.1, 0.15) is 38.6 Å². The third-order valence-electron chi connectivity index (χ3n) is 9.74. The van der Waals surface area contributed by atoms with Crippen LogP contribution in [0.25, 0.3) is 0 Å². The zero-order valence-corrected chi connectivity index (χ0v) is 35.8. The molecule has 0 heterocycles. The molecule has 2 atom stereocenters. The van der Waals surface area contributed by atoms with Crippen molar-refractivity contribution in [3.05, 3.63) is 107 Å². The Hall–Kier alpha value is -5.20. The molecule has 0 saturated heterocycles. The van der Waals surface area contributed by atoms with Crippen molar-refractivity contribution in [2.75, 3.05) is 26.3 Å². The Balaban J connectivity index is 1.48. The molecule has 0 bridgehead atoms. The largest absolute Gasteiger partial charge is 0.445 e. The van der Waals surface area contributed by atoms with E-state index >= 15 is 0 Å². The quantitative estimate of drug-likeness (QED) is 0.0490. The first-order valence-electron chi connectivity index (χ1n) is 21.3. The van der Waals surface area contributed by atoms with Crippen molar-refractivity contribution in [1.29, 1.82) is 0 Å². The van der Waals surface area contributed by atoms with Crippen molar-refractivity contribution in [2.45, 2.75) is 117 Å². The molecule has 0 aliphatic carbocycles. The maximum absolute atomic E-state index is 13.3. The summed E-state index contributed by atoms with van der Waals surface area (Å²) in [6.07, 6.45) is 2.53. The number of nitrogens with one attached hydrogen (secondary N) is 2. The fraction of sp³-hybridized carbons (Fsp3) is 0.500. The minimum absolute atomic E-state index is 0.0806. The lowest BCUT2D eigenvalue weighted by Crippen LogP contribution is -2.29. The van der Waals surface area contributed by atoms with Gasteiger partial charge in [-0.05, 0) is 80.4 Å². The number of unbranched alkanes of at least 4 members (excludes halogenated alkanes) is 2. The number of alkyl carbamates (subject to hydrolysis) is 2. The summed E-state index contributed by atoms with van der Waals surface area (Å²) >= 11 is 0. The lowest BCUT2D eigenvalue weighted by Gasteiger charge is -2.18. The van der Waals surface area contributed by atoms with Gasteiger partial charge in [0.2, 0.25) is 0 Å². The smallest absolute Gasteiger partial charge is 0.407 e. The second-order valence-electron chi connectivity index (χ2n) is 15.8. The van der Waals surface area contributed by atoms with Crippen LogP contribution < -0.4 is 10.6 Å². The van der Waals surface area contributed by atoms with E-state index in [0.717, 1.165) is 11.1 Å². The predicted octanol–water partition coefficient (Wildman–Crippen LogP) is 9.03. The molecule has 12 nitrogen and oxygen atoms in total. The number of benzene rings is 3. The van der Waals surface area contributed by atoms with Crippen molar-refractivity contribution in [2.24, 2.45) is 11.8 Å². The van der Waals surface area contributed by atoms with Gasteiger partial charge in [-0.25, -0.2) is 9.59 Å². The summed E-state index contributed by atoms with van der Waals surface area (Å²) in [5.41, 5.74) is 2.29. The number of amides is 2. The molecule has 3 aromatic carbocycles. The van der Waals surface area contributed by atoms with Crippen LogP contribution in [0.5, 0.6) is 0 Å². The maximum atomic E-state index is 13.3. The summed E-state index contributed by atoms with van der Waals surface area (Å²) in [4.78, 5) is 77.1. The molecule has 0 saturated carbocycles. The zero-order valence-electron chi connectivity index (χ0n) is 35.8. The second kappa shape index (κ2) is 28.3. The average Bonchev–Trinajstić information content (AvgIpc) is 3.25. The molecular weight excluding hydrogens is 765 g/mol. The van der Waals surface area contributed by atoms with Gasteiger partial charge in [0.15, 0.2) is 23.1 Å². The zero-order chi connectivity index (χ0) is 43.5. The van der Waals surface area contributed by atoms with E-state index in [2.05, 4.69) is 10.6 Å². The van der Waals surface area contributed by atoms with Crippen molar-refractivity contribution in [3.63, 3.8) is 0 Å². The Kier molecular flexibility index (Phi) is 23.2. The Morgan fingerprint density at radius 2 is 0.900 bits per heavy atom.